The van der Waals surface area contributed by atoms with Crippen LogP contribution in [0.25, 0.3) is 22.3 Å². The Hall–Kier alpha value is -2.81. The van der Waals surface area contributed by atoms with Crippen molar-refractivity contribution in [3.8, 4) is 33.8 Å². The fraction of sp³-hybridized carbons (Fsp3) is 0.150. The van der Waals surface area contributed by atoms with Gasteiger partial charge in [0.05, 0.1) is 14.2 Å². The van der Waals surface area contributed by atoms with Gasteiger partial charge >= 0.3 is 0 Å². The molecule has 1 heterocycles. The molecule has 3 aromatic rings. The summed E-state index contributed by atoms with van der Waals surface area (Å²) in [5.74, 6) is 1.70. The van der Waals surface area contributed by atoms with E-state index >= 15 is 0 Å². The van der Waals surface area contributed by atoms with Crippen LogP contribution in [-0.4, -0.2) is 19.2 Å². The highest BCUT2D eigenvalue weighted by atomic mass is 16.5. The Bertz CT molecular complexity index is 810. The molecule has 0 aliphatic carbocycles. The maximum atomic E-state index is 5.53. The molecule has 0 saturated heterocycles. The van der Waals surface area contributed by atoms with Crippen LogP contribution in [0.5, 0.6) is 11.5 Å². The number of aryl methyl sites for hydroxylation is 1. The first-order valence-electron chi connectivity index (χ1n) is 7.48. The van der Waals surface area contributed by atoms with Gasteiger partial charge in [-0.1, -0.05) is 30.3 Å². The number of ether oxygens (including phenoxy) is 2. The third kappa shape index (κ3) is 2.90. The fourth-order valence-corrected chi connectivity index (χ4v) is 2.78. The molecule has 0 atom stereocenters. The lowest BCUT2D eigenvalue weighted by Crippen LogP contribution is -1.94. The highest BCUT2D eigenvalue weighted by Crippen LogP contribution is 2.38. The zero-order chi connectivity index (χ0) is 16.2. The number of para-hydroxylation sites is 1. The summed E-state index contributed by atoms with van der Waals surface area (Å²) in [4.78, 5) is 4.47. The van der Waals surface area contributed by atoms with E-state index in [1.165, 1.54) is 0 Å². The lowest BCUT2D eigenvalue weighted by Gasteiger charge is -2.15. The van der Waals surface area contributed by atoms with Crippen LogP contribution < -0.4 is 9.47 Å². The lowest BCUT2D eigenvalue weighted by atomic mass is 9.93. The number of pyridine rings is 1. The van der Waals surface area contributed by atoms with Gasteiger partial charge in [-0.15, -0.1) is 0 Å². The summed E-state index contributed by atoms with van der Waals surface area (Å²) in [6.45, 7) is 2.03. The van der Waals surface area contributed by atoms with E-state index in [1.54, 1.807) is 14.2 Å². The Balaban J connectivity index is 2.21. The zero-order valence-electron chi connectivity index (χ0n) is 13.5. The maximum Gasteiger partial charge on any atom is 0.126 e. The molecule has 116 valence electrons. The molecule has 23 heavy (non-hydrogen) atoms. The maximum absolute atomic E-state index is 5.53. The number of benzene rings is 2. The van der Waals surface area contributed by atoms with Crippen LogP contribution >= 0.6 is 0 Å². The molecule has 3 heteroatoms. The van der Waals surface area contributed by atoms with Gasteiger partial charge in [0.2, 0.25) is 0 Å². The molecule has 3 rings (SSSR count). The van der Waals surface area contributed by atoms with Gasteiger partial charge in [0.1, 0.15) is 11.5 Å². The summed E-state index contributed by atoms with van der Waals surface area (Å²) in [6, 6.07) is 18.1. The number of rotatable bonds is 4. The molecule has 0 radical (unpaired) electrons. The fourth-order valence-electron chi connectivity index (χ4n) is 2.78. The molecular formula is C20H19NO2. The number of aromatic nitrogens is 1. The van der Waals surface area contributed by atoms with Crippen LogP contribution in [0.3, 0.4) is 0 Å². The summed E-state index contributed by atoms with van der Waals surface area (Å²) >= 11 is 0. The van der Waals surface area contributed by atoms with Crippen molar-refractivity contribution in [3.63, 3.8) is 0 Å². The van der Waals surface area contributed by atoms with Crippen molar-refractivity contribution in [2.45, 2.75) is 6.92 Å². The van der Waals surface area contributed by atoms with Gasteiger partial charge < -0.3 is 9.47 Å². The zero-order valence-corrected chi connectivity index (χ0v) is 13.5. The van der Waals surface area contributed by atoms with E-state index in [-0.39, 0.29) is 0 Å². The Morgan fingerprint density at radius 3 is 2.22 bits per heavy atom. The van der Waals surface area contributed by atoms with Crippen molar-refractivity contribution in [3.05, 3.63) is 66.5 Å². The van der Waals surface area contributed by atoms with Crippen LogP contribution in [-0.2, 0) is 0 Å². The molecule has 0 amide bonds. The number of hydrogen-bond donors (Lipinski definition) is 0. The van der Waals surface area contributed by atoms with Crippen molar-refractivity contribution < 1.29 is 9.47 Å². The topological polar surface area (TPSA) is 31.4 Å². The van der Waals surface area contributed by atoms with Crippen molar-refractivity contribution >= 4 is 0 Å². The predicted octanol–water partition coefficient (Wildman–Crippen LogP) is 4.74. The minimum absolute atomic E-state index is 0.842. The highest BCUT2D eigenvalue weighted by Gasteiger charge is 2.14. The van der Waals surface area contributed by atoms with E-state index in [0.29, 0.717) is 0 Å². The van der Waals surface area contributed by atoms with Gasteiger partial charge in [0, 0.05) is 23.0 Å². The molecular weight excluding hydrogens is 286 g/mol. The Morgan fingerprint density at radius 2 is 1.52 bits per heavy atom. The summed E-state index contributed by atoms with van der Waals surface area (Å²) in [5, 5.41) is 0. The van der Waals surface area contributed by atoms with Gasteiger partial charge in [0.25, 0.3) is 0 Å². The molecule has 0 spiro atoms. The van der Waals surface area contributed by atoms with Crippen LogP contribution in [0.2, 0.25) is 0 Å². The Morgan fingerprint density at radius 1 is 0.783 bits per heavy atom. The lowest BCUT2D eigenvalue weighted by molar-refractivity contribution is 0.415. The quantitative estimate of drug-likeness (QED) is 0.697. The first kappa shape index (κ1) is 15.1. The summed E-state index contributed by atoms with van der Waals surface area (Å²) in [5.41, 5.74) is 5.38. The summed E-state index contributed by atoms with van der Waals surface area (Å²) in [6.07, 6.45) is 1.84. The molecule has 0 fully saturated rings. The van der Waals surface area contributed by atoms with E-state index in [1.807, 2.05) is 49.5 Å². The van der Waals surface area contributed by atoms with E-state index in [4.69, 9.17) is 9.47 Å². The van der Waals surface area contributed by atoms with Gasteiger partial charge in [0.15, 0.2) is 0 Å². The van der Waals surface area contributed by atoms with E-state index in [9.17, 15) is 0 Å². The van der Waals surface area contributed by atoms with Crippen LogP contribution in [0.4, 0.5) is 0 Å². The average molecular weight is 305 g/mol. The minimum Gasteiger partial charge on any atom is -0.497 e. The molecule has 0 aliphatic rings. The molecule has 0 unspecified atom stereocenters. The van der Waals surface area contributed by atoms with Crippen molar-refractivity contribution in [1.82, 2.24) is 4.98 Å². The van der Waals surface area contributed by atoms with Crippen molar-refractivity contribution in [2.24, 2.45) is 0 Å². The van der Waals surface area contributed by atoms with Crippen LogP contribution in [0, 0.1) is 6.92 Å². The van der Waals surface area contributed by atoms with Crippen molar-refractivity contribution in [2.75, 3.05) is 14.2 Å². The number of methoxy groups -OCH3 is 2. The first-order chi connectivity index (χ1) is 11.2. The van der Waals surface area contributed by atoms with E-state index in [0.717, 1.165) is 39.4 Å². The van der Waals surface area contributed by atoms with Gasteiger partial charge in [-0.05, 0) is 42.3 Å². The number of hydrogen-bond acceptors (Lipinski definition) is 3. The Kier molecular flexibility index (Phi) is 4.29. The second-order valence-electron chi connectivity index (χ2n) is 5.25. The first-order valence-corrected chi connectivity index (χ1v) is 7.48. The smallest absolute Gasteiger partial charge is 0.126 e. The van der Waals surface area contributed by atoms with Crippen LogP contribution in [0.1, 0.15) is 5.69 Å². The molecule has 0 aliphatic heterocycles. The normalized spacial score (nSPS) is 10.4. The third-order valence-corrected chi connectivity index (χ3v) is 3.92. The van der Waals surface area contributed by atoms with Gasteiger partial charge in [-0.25, -0.2) is 0 Å². The second kappa shape index (κ2) is 6.53. The Labute approximate surface area is 136 Å². The molecule has 0 saturated carbocycles. The summed E-state index contributed by atoms with van der Waals surface area (Å²) in [7, 11) is 3.37. The predicted molar refractivity (Wildman–Crippen MR) is 93.0 cm³/mol. The minimum atomic E-state index is 0.842. The number of nitrogens with zero attached hydrogens (tertiary/aromatic N) is 1. The molecule has 0 bridgehead atoms. The molecule has 2 aromatic carbocycles. The SMILES string of the molecule is COc1ccc(-c2c(-c3ccccc3OC)ccnc2C)cc1. The standard InChI is InChI=1S/C20H19NO2/c1-14-20(15-8-10-16(22-2)11-9-15)18(12-13-21-14)17-6-4-5-7-19(17)23-3/h4-13H,1-3H3. The monoisotopic (exact) mass is 305 g/mol. The van der Waals surface area contributed by atoms with E-state index in [2.05, 4.69) is 23.2 Å². The van der Waals surface area contributed by atoms with Crippen molar-refractivity contribution in [1.29, 1.82) is 0 Å². The molecule has 1 aromatic heterocycles. The summed E-state index contributed by atoms with van der Waals surface area (Å²) < 4.78 is 10.8. The van der Waals surface area contributed by atoms with Gasteiger partial charge in [-0.2, -0.15) is 0 Å². The average Bonchev–Trinajstić information content (AvgIpc) is 2.61. The second-order valence-corrected chi connectivity index (χ2v) is 5.25. The van der Waals surface area contributed by atoms with Crippen LogP contribution in [0.15, 0.2) is 60.8 Å². The third-order valence-electron chi connectivity index (χ3n) is 3.92. The van der Waals surface area contributed by atoms with E-state index < -0.39 is 0 Å². The molecule has 3 nitrogen and oxygen atoms in total. The van der Waals surface area contributed by atoms with Gasteiger partial charge in [-0.3, -0.25) is 4.98 Å². The highest BCUT2D eigenvalue weighted by molar-refractivity contribution is 5.87. The largest absolute Gasteiger partial charge is 0.497 e. The molecule has 0 N–H and O–H groups in total.